The van der Waals surface area contributed by atoms with E-state index in [1.165, 1.54) is 39.2 Å². The van der Waals surface area contributed by atoms with Crippen molar-refractivity contribution in [2.75, 3.05) is 20.6 Å². The molecule has 0 unspecified atom stereocenters. The number of piperidine rings is 2. The summed E-state index contributed by atoms with van der Waals surface area (Å²) in [6.45, 7) is 2.92. The van der Waals surface area contributed by atoms with Gasteiger partial charge in [-0.1, -0.05) is 0 Å². The van der Waals surface area contributed by atoms with Gasteiger partial charge in [-0.2, -0.15) is 0 Å². The van der Waals surface area contributed by atoms with Crippen LogP contribution in [0.4, 0.5) is 0 Å². The molecule has 6 nitrogen and oxygen atoms in total. The van der Waals surface area contributed by atoms with Gasteiger partial charge in [0.05, 0.1) is 0 Å². The Balaban J connectivity index is 1.87. The van der Waals surface area contributed by atoms with Crippen LogP contribution in [0.15, 0.2) is 17.2 Å². The van der Waals surface area contributed by atoms with Crippen molar-refractivity contribution in [2.45, 2.75) is 43.0 Å². The van der Waals surface area contributed by atoms with E-state index in [9.17, 15) is 13.2 Å². The fourth-order valence-electron chi connectivity index (χ4n) is 3.56. The standard InChI is InChI=1S/C15H23N3O3S/c1-15-6-4-11(5-7-15)10-18(15)14(19)13-8-12(9-16-13)22(20,21)17(2)3/h8-9,11,16H,4-7,10H2,1-3H3. The Labute approximate surface area is 131 Å². The van der Waals surface area contributed by atoms with Crippen molar-refractivity contribution in [3.05, 3.63) is 18.0 Å². The van der Waals surface area contributed by atoms with Gasteiger partial charge in [0, 0.05) is 32.4 Å². The molecule has 1 aliphatic carbocycles. The molecule has 3 aliphatic rings. The third-order valence-electron chi connectivity index (χ3n) is 5.19. The highest BCUT2D eigenvalue weighted by molar-refractivity contribution is 7.89. The smallest absolute Gasteiger partial charge is 0.270 e. The van der Waals surface area contributed by atoms with Crippen LogP contribution in [-0.2, 0) is 10.0 Å². The van der Waals surface area contributed by atoms with Crippen LogP contribution in [-0.4, -0.2) is 54.7 Å². The van der Waals surface area contributed by atoms with Crippen LogP contribution in [0.1, 0.15) is 43.1 Å². The summed E-state index contributed by atoms with van der Waals surface area (Å²) in [5.74, 6) is 0.498. The first kappa shape index (κ1) is 15.6. The van der Waals surface area contributed by atoms with Crippen molar-refractivity contribution in [1.29, 1.82) is 0 Å². The number of hydrogen-bond acceptors (Lipinski definition) is 3. The number of hydrogen-bond donors (Lipinski definition) is 1. The van der Waals surface area contributed by atoms with E-state index in [-0.39, 0.29) is 16.3 Å². The number of rotatable bonds is 3. The third-order valence-corrected chi connectivity index (χ3v) is 6.98. The topological polar surface area (TPSA) is 73.5 Å². The summed E-state index contributed by atoms with van der Waals surface area (Å²) >= 11 is 0. The fourth-order valence-corrected chi connectivity index (χ4v) is 4.46. The van der Waals surface area contributed by atoms with Crippen LogP contribution in [0, 0.1) is 5.92 Å². The molecular formula is C15H23N3O3S. The lowest BCUT2D eigenvalue weighted by molar-refractivity contribution is -0.0106. The van der Waals surface area contributed by atoms with Gasteiger partial charge in [0.15, 0.2) is 0 Å². The Morgan fingerprint density at radius 3 is 2.55 bits per heavy atom. The second-order valence-electron chi connectivity index (χ2n) is 6.89. The summed E-state index contributed by atoms with van der Waals surface area (Å²) in [7, 11) is -0.553. The molecule has 7 heteroatoms. The van der Waals surface area contributed by atoms with E-state index in [4.69, 9.17) is 0 Å². The number of fused-ring (bicyclic) bond motifs is 3. The molecule has 1 N–H and O–H groups in total. The Morgan fingerprint density at radius 1 is 1.36 bits per heavy atom. The highest BCUT2D eigenvalue weighted by Crippen LogP contribution is 2.43. The number of carbonyl (C=O) groups is 1. The lowest BCUT2D eigenvalue weighted by Gasteiger charge is -2.52. The van der Waals surface area contributed by atoms with Gasteiger partial charge >= 0.3 is 0 Å². The zero-order valence-corrected chi connectivity index (χ0v) is 14.1. The summed E-state index contributed by atoms with van der Waals surface area (Å²) in [6, 6.07) is 1.45. The van der Waals surface area contributed by atoms with Gasteiger partial charge in [0.2, 0.25) is 10.0 Å². The molecule has 2 bridgehead atoms. The quantitative estimate of drug-likeness (QED) is 0.919. The summed E-state index contributed by atoms with van der Waals surface area (Å²) in [6.07, 6.45) is 5.84. The first-order chi connectivity index (χ1) is 10.2. The van der Waals surface area contributed by atoms with Gasteiger partial charge in [-0.25, -0.2) is 12.7 Å². The van der Waals surface area contributed by atoms with E-state index in [1.54, 1.807) is 0 Å². The number of aromatic nitrogens is 1. The third kappa shape index (κ3) is 2.36. The number of nitrogens with zero attached hydrogens (tertiary/aromatic N) is 2. The van der Waals surface area contributed by atoms with E-state index < -0.39 is 10.0 Å². The van der Waals surface area contributed by atoms with Crippen molar-refractivity contribution in [2.24, 2.45) is 5.92 Å². The van der Waals surface area contributed by atoms with Crippen molar-refractivity contribution in [3.8, 4) is 0 Å². The zero-order valence-electron chi connectivity index (χ0n) is 13.3. The monoisotopic (exact) mass is 325 g/mol. The SMILES string of the molecule is CN(C)S(=O)(=O)c1c[nH]c(C(=O)N2CC3CCC2(C)CC3)c1. The second kappa shape index (κ2) is 5.09. The predicted octanol–water partition coefficient (Wildman–Crippen LogP) is 1.67. The molecule has 2 aliphatic heterocycles. The van der Waals surface area contributed by atoms with Crippen molar-refractivity contribution in [3.63, 3.8) is 0 Å². The van der Waals surface area contributed by atoms with Crippen LogP contribution >= 0.6 is 0 Å². The fraction of sp³-hybridized carbons (Fsp3) is 0.667. The Bertz CT molecular complexity index is 685. The van der Waals surface area contributed by atoms with E-state index >= 15 is 0 Å². The van der Waals surface area contributed by atoms with Gasteiger partial charge in [-0.05, 0) is 44.6 Å². The summed E-state index contributed by atoms with van der Waals surface area (Å²) in [5, 5.41) is 0. The minimum absolute atomic E-state index is 0.0858. The van der Waals surface area contributed by atoms with E-state index in [0.29, 0.717) is 11.6 Å². The number of H-pyrrole nitrogens is 1. The molecule has 4 rings (SSSR count). The molecular weight excluding hydrogens is 302 g/mol. The largest absolute Gasteiger partial charge is 0.356 e. The van der Waals surface area contributed by atoms with Crippen molar-refractivity contribution in [1.82, 2.24) is 14.2 Å². The van der Waals surface area contributed by atoms with Gasteiger partial charge in [0.1, 0.15) is 10.6 Å². The molecule has 0 radical (unpaired) electrons. The van der Waals surface area contributed by atoms with Gasteiger partial charge in [-0.3, -0.25) is 4.79 Å². The minimum Gasteiger partial charge on any atom is -0.356 e. The van der Waals surface area contributed by atoms with E-state index in [2.05, 4.69) is 11.9 Å². The number of aromatic amines is 1. The lowest BCUT2D eigenvalue weighted by Crippen LogP contribution is -2.58. The maximum Gasteiger partial charge on any atom is 0.270 e. The molecule has 122 valence electrons. The van der Waals surface area contributed by atoms with Crippen molar-refractivity contribution < 1.29 is 13.2 Å². The zero-order chi connectivity index (χ0) is 16.1. The summed E-state index contributed by atoms with van der Waals surface area (Å²) in [4.78, 5) is 17.7. The number of amides is 1. The molecule has 22 heavy (non-hydrogen) atoms. The van der Waals surface area contributed by atoms with Gasteiger partial charge in [-0.15, -0.1) is 0 Å². The van der Waals surface area contributed by atoms with E-state index in [0.717, 1.165) is 23.7 Å². The molecule has 1 aromatic heterocycles. The predicted molar refractivity (Wildman–Crippen MR) is 83.1 cm³/mol. The Kier molecular flexibility index (Phi) is 3.60. The Hall–Kier alpha value is -1.34. The molecule has 0 aromatic carbocycles. The van der Waals surface area contributed by atoms with Crippen LogP contribution in [0.5, 0.6) is 0 Å². The van der Waals surface area contributed by atoms with Gasteiger partial charge in [0.25, 0.3) is 5.91 Å². The maximum absolute atomic E-state index is 12.8. The molecule has 2 saturated heterocycles. The average Bonchev–Trinajstić information content (AvgIpc) is 2.97. The second-order valence-corrected chi connectivity index (χ2v) is 9.04. The molecule has 1 saturated carbocycles. The van der Waals surface area contributed by atoms with Gasteiger partial charge < -0.3 is 9.88 Å². The number of nitrogens with one attached hydrogen (secondary N) is 1. The molecule has 0 spiro atoms. The lowest BCUT2D eigenvalue weighted by atomic mass is 9.71. The van der Waals surface area contributed by atoms with Crippen LogP contribution in [0.3, 0.4) is 0 Å². The first-order valence-corrected chi connectivity index (χ1v) is 9.11. The number of sulfonamides is 1. The van der Waals surface area contributed by atoms with Crippen molar-refractivity contribution >= 4 is 15.9 Å². The van der Waals surface area contributed by atoms with E-state index in [1.807, 2.05) is 4.90 Å². The maximum atomic E-state index is 12.8. The number of carbonyl (C=O) groups excluding carboxylic acids is 1. The van der Waals surface area contributed by atoms with Crippen LogP contribution in [0.2, 0.25) is 0 Å². The highest BCUT2D eigenvalue weighted by atomic mass is 32.2. The highest BCUT2D eigenvalue weighted by Gasteiger charge is 2.45. The molecule has 1 aromatic rings. The molecule has 3 fully saturated rings. The average molecular weight is 325 g/mol. The summed E-state index contributed by atoms with van der Waals surface area (Å²) < 4.78 is 25.4. The minimum atomic E-state index is -3.51. The van der Waals surface area contributed by atoms with Crippen LogP contribution < -0.4 is 0 Å². The Morgan fingerprint density at radius 2 is 2.00 bits per heavy atom. The molecule has 0 atom stereocenters. The molecule has 1 amide bonds. The molecule has 3 heterocycles. The summed E-state index contributed by atoms with van der Waals surface area (Å²) in [5.41, 5.74) is 0.270. The normalized spacial score (nSPS) is 28.4. The van der Waals surface area contributed by atoms with Crippen LogP contribution in [0.25, 0.3) is 0 Å². The first-order valence-electron chi connectivity index (χ1n) is 7.67.